The molecule has 0 N–H and O–H groups in total. The first kappa shape index (κ1) is 9.42. The van der Waals surface area contributed by atoms with Gasteiger partial charge in [0, 0.05) is 10.9 Å². The Morgan fingerprint density at radius 2 is 2.40 bits per heavy atom. The summed E-state index contributed by atoms with van der Waals surface area (Å²) in [6, 6.07) is 3.94. The van der Waals surface area contributed by atoms with Gasteiger partial charge in [0.15, 0.2) is 16.2 Å². The fraction of sp³-hybridized carbons (Fsp3) is 0.300. The summed E-state index contributed by atoms with van der Waals surface area (Å²) in [5, 5.41) is 0. The Labute approximate surface area is 99.4 Å². The van der Waals surface area contributed by atoms with E-state index in [9.17, 15) is 0 Å². The number of rotatable bonds is 1. The first-order valence-corrected chi connectivity index (χ1v) is 6.16. The number of hydrogen-bond donors (Lipinski definition) is 0. The van der Waals surface area contributed by atoms with Gasteiger partial charge in [-0.05, 0) is 40.5 Å². The van der Waals surface area contributed by atoms with Crippen LogP contribution in [0, 0.1) is 6.92 Å². The van der Waals surface area contributed by atoms with E-state index in [-0.39, 0.29) is 5.92 Å². The molecule has 2 aromatic heterocycles. The molecule has 0 aliphatic carbocycles. The Kier molecular flexibility index (Phi) is 2.10. The topological polar surface area (TPSA) is 35.3 Å². The third-order valence-electron chi connectivity index (χ3n) is 2.42. The van der Waals surface area contributed by atoms with E-state index in [1.54, 1.807) is 0 Å². The number of ether oxygens (including phenoxy) is 1. The summed E-state index contributed by atoms with van der Waals surface area (Å²) in [5.74, 6) is 1.86. The van der Waals surface area contributed by atoms with E-state index in [1.165, 1.54) is 16.4 Å². The van der Waals surface area contributed by atoms with Crippen molar-refractivity contribution in [3.8, 4) is 5.75 Å². The molecule has 15 heavy (non-hydrogen) atoms. The predicted octanol–water partition coefficient (Wildman–Crippen LogP) is 3.33. The molecule has 78 valence electrons. The molecule has 0 amide bonds. The monoisotopic (exact) mass is 285 g/mol. The quantitative estimate of drug-likeness (QED) is 0.806. The van der Waals surface area contributed by atoms with Crippen molar-refractivity contribution in [3.05, 3.63) is 33.1 Å². The van der Waals surface area contributed by atoms with Crippen molar-refractivity contribution in [1.82, 2.24) is 4.37 Å². The lowest BCUT2D eigenvalue weighted by molar-refractivity contribution is 0.338. The second kappa shape index (κ2) is 3.35. The smallest absolute Gasteiger partial charge is 0.173 e. The van der Waals surface area contributed by atoms with Gasteiger partial charge in [0.25, 0.3) is 0 Å². The van der Waals surface area contributed by atoms with Crippen LogP contribution in [0.5, 0.6) is 5.75 Å². The van der Waals surface area contributed by atoms with Crippen LogP contribution in [0.15, 0.2) is 21.2 Å². The van der Waals surface area contributed by atoms with Gasteiger partial charge in [0.1, 0.15) is 6.61 Å². The van der Waals surface area contributed by atoms with E-state index < -0.39 is 0 Å². The van der Waals surface area contributed by atoms with Crippen LogP contribution in [0.25, 0.3) is 0 Å². The molecule has 5 heteroatoms. The summed E-state index contributed by atoms with van der Waals surface area (Å²) in [4.78, 5) is 1.21. The van der Waals surface area contributed by atoms with Crippen molar-refractivity contribution < 1.29 is 9.15 Å². The number of aryl methyl sites for hydroxylation is 1. The number of furan rings is 1. The lowest BCUT2D eigenvalue weighted by Crippen LogP contribution is -2.02. The molecule has 0 radical (unpaired) electrons. The van der Waals surface area contributed by atoms with Gasteiger partial charge in [-0.2, -0.15) is 4.37 Å². The Morgan fingerprint density at radius 1 is 1.53 bits per heavy atom. The third kappa shape index (κ3) is 1.50. The van der Waals surface area contributed by atoms with E-state index in [4.69, 9.17) is 9.15 Å². The van der Waals surface area contributed by atoms with Crippen LogP contribution in [0.3, 0.4) is 0 Å². The van der Waals surface area contributed by atoms with Crippen molar-refractivity contribution in [3.63, 3.8) is 0 Å². The van der Waals surface area contributed by atoms with Gasteiger partial charge in [0.05, 0.1) is 11.6 Å². The summed E-state index contributed by atoms with van der Waals surface area (Å²) >= 11 is 4.81. The molecule has 2 aromatic rings. The molecule has 3 rings (SSSR count). The zero-order chi connectivity index (χ0) is 10.4. The van der Waals surface area contributed by atoms with Crippen LogP contribution in [0.2, 0.25) is 0 Å². The van der Waals surface area contributed by atoms with Crippen LogP contribution in [0.4, 0.5) is 0 Å². The number of nitrogens with zero attached hydrogens (tertiary/aromatic N) is 1. The fourth-order valence-corrected chi connectivity index (χ4v) is 2.72. The largest absolute Gasteiger partial charge is 0.489 e. The molecule has 0 saturated carbocycles. The molecule has 1 atom stereocenters. The molecule has 0 fully saturated rings. The van der Waals surface area contributed by atoms with Crippen LogP contribution >= 0.6 is 27.5 Å². The zero-order valence-corrected chi connectivity index (χ0v) is 10.4. The van der Waals surface area contributed by atoms with Gasteiger partial charge in [-0.1, -0.05) is 0 Å². The molecular formula is C10H8BrNO2S. The Bertz CT molecular complexity index is 505. The molecule has 3 nitrogen and oxygen atoms in total. The third-order valence-corrected chi connectivity index (χ3v) is 3.52. The van der Waals surface area contributed by atoms with E-state index in [1.807, 2.05) is 6.07 Å². The van der Waals surface area contributed by atoms with Crippen molar-refractivity contribution >= 4 is 27.5 Å². The van der Waals surface area contributed by atoms with Crippen molar-refractivity contribution in [2.45, 2.75) is 12.8 Å². The molecule has 0 bridgehead atoms. The maximum absolute atomic E-state index is 5.56. The zero-order valence-electron chi connectivity index (χ0n) is 7.99. The average Bonchev–Trinajstić information content (AvgIpc) is 2.80. The minimum absolute atomic E-state index is 0.149. The molecule has 1 aliphatic rings. The number of hydrogen-bond acceptors (Lipinski definition) is 4. The van der Waals surface area contributed by atoms with Crippen molar-refractivity contribution in [1.29, 1.82) is 0 Å². The maximum Gasteiger partial charge on any atom is 0.173 e. The van der Waals surface area contributed by atoms with Crippen LogP contribution in [-0.2, 0) is 0 Å². The highest BCUT2D eigenvalue weighted by Crippen LogP contribution is 2.41. The second-order valence-corrected chi connectivity index (χ2v) is 5.30. The van der Waals surface area contributed by atoms with Gasteiger partial charge < -0.3 is 9.15 Å². The first-order valence-electron chi connectivity index (χ1n) is 4.59. The van der Waals surface area contributed by atoms with Crippen molar-refractivity contribution in [2.75, 3.05) is 6.61 Å². The van der Waals surface area contributed by atoms with Gasteiger partial charge in [0.2, 0.25) is 0 Å². The number of halogens is 1. The van der Waals surface area contributed by atoms with E-state index in [2.05, 4.69) is 33.3 Å². The lowest BCUT2D eigenvalue weighted by Gasteiger charge is -2.01. The second-order valence-electron chi connectivity index (χ2n) is 3.51. The summed E-state index contributed by atoms with van der Waals surface area (Å²) in [5.41, 5.74) is 1.04. The summed E-state index contributed by atoms with van der Waals surface area (Å²) in [6.45, 7) is 2.68. The normalized spacial score (nSPS) is 18.9. The average molecular weight is 286 g/mol. The number of aromatic nitrogens is 1. The molecular weight excluding hydrogens is 278 g/mol. The van der Waals surface area contributed by atoms with E-state index in [0.717, 1.165) is 17.2 Å². The van der Waals surface area contributed by atoms with Crippen LogP contribution < -0.4 is 4.74 Å². The van der Waals surface area contributed by atoms with Gasteiger partial charge in [-0.25, -0.2) is 0 Å². The molecule has 1 aliphatic heterocycles. The molecule has 0 spiro atoms. The highest BCUT2D eigenvalue weighted by atomic mass is 79.9. The van der Waals surface area contributed by atoms with Crippen molar-refractivity contribution in [2.24, 2.45) is 0 Å². The summed E-state index contributed by atoms with van der Waals surface area (Å²) in [7, 11) is 0. The molecule has 0 saturated heterocycles. The molecule has 3 heterocycles. The summed E-state index contributed by atoms with van der Waals surface area (Å²) in [6.07, 6.45) is 0. The fourth-order valence-electron chi connectivity index (χ4n) is 1.73. The van der Waals surface area contributed by atoms with E-state index in [0.29, 0.717) is 11.3 Å². The maximum atomic E-state index is 5.56. The highest BCUT2D eigenvalue weighted by molar-refractivity contribution is 9.10. The number of fused-ring (bicyclic) bond motifs is 1. The minimum atomic E-state index is 0.149. The van der Waals surface area contributed by atoms with Gasteiger partial charge in [-0.15, -0.1) is 0 Å². The van der Waals surface area contributed by atoms with Gasteiger partial charge >= 0.3 is 0 Å². The minimum Gasteiger partial charge on any atom is -0.489 e. The van der Waals surface area contributed by atoms with E-state index >= 15 is 0 Å². The highest BCUT2D eigenvalue weighted by Gasteiger charge is 2.31. The lowest BCUT2D eigenvalue weighted by atomic mass is 10.1. The SMILES string of the molecule is Cc1cc(C2COc3cc(Br)oc32)ns1. The van der Waals surface area contributed by atoms with Gasteiger partial charge in [-0.3, -0.25) is 0 Å². The Morgan fingerprint density at radius 3 is 3.13 bits per heavy atom. The Balaban J connectivity index is 2.02. The van der Waals surface area contributed by atoms with Crippen LogP contribution in [-0.4, -0.2) is 11.0 Å². The summed E-state index contributed by atoms with van der Waals surface area (Å²) < 4.78 is 16.2. The van der Waals surface area contributed by atoms with Crippen LogP contribution in [0.1, 0.15) is 22.2 Å². The molecule has 0 aromatic carbocycles. The first-order chi connectivity index (χ1) is 7.24. The molecule has 1 unspecified atom stereocenters. The predicted molar refractivity (Wildman–Crippen MR) is 60.6 cm³/mol. The standard InChI is InChI=1S/C10H8BrNO2S/c1-5-2-7(12-15-5)6-4-13-8-3-9(11)14-10(6)8/h2-3,6H,4H2,1H3. The Hall–Kier alpha value is -0.810.